The highest BCUT2D eigenvalue weighted by molar-refractivity contribution is 5.89. The smallest absolute Gasteiger partial charge is 0.162 e. The lowest BCUT2D eigenvalue weighted by Gasteiger charge is -2.09. The van der Waals surface area contributed by atoms with Crippen LogP contribution in [0.3, 0.4) is 0 Å². The van der Waals surface area contributed by atoms with Gasteiger partial charge in [0.05, 0.1) is 18.8 Å². The van der Waals surface area contributed by atoms with Crippen LogP contribution < -0.4 is 9.47 Å². The van der Waals surface area contributed by atoms with Crippen LogP contribution in [0.4, 0.5) is 4.39 Å². The van der Waals surface area contributed by atoms with Crippen molar-refractivity contribution in [2.24, 2.45) is 0 Å². The zero-order chi connectivity index (χ0) is 16.7. The van der Waals surface area contributed by atoms with E-state index < -0.39 is 0 Å². The molecule has 0 unspecified atom stereocenters. The van der Waals surface area contributed by atoms with Crippen LogP contribution in [0.2, 0.25) is 0 Å². The molecule has 3 nitrogen and oxygen atoms in total. The topological polar surface area (TPSA) is 42.2 Å². The Morgan fingerprint density at radius 3 is 2.74 bits per heavy atom. The molecule has 0 saturated carbocycles. The van der Waals surface area contributed by atoms with Crippen LogP contribution in [0.15, 0.2) is 42.5 Å². The van der Waals surface area contributed by atoms with Crippen LogP contribution >= 0.6 is 0 Å². The zero-order valence-electron chi connectivity index (χ0n) is 12.5. The maximum Gasteiger partial charge on any atom is 0.162 e. The van der Waals surface area contributed by atoms with Crippen molar-refractivity contribution in [2.75, 3.05) is 13.7 Å². The molecule has 0 amide bonds. The third-order valence-electron chi connectivity index (χ3n) is 3.07. The third-order valence-corrected chi connectivity index (χ3v) is 3.07. The molecule has 0 aliphatic heterocycles. The Morgan fingerprint density at radius 1 is 1.26 bits per heavy atom. The second kappa shape index (κ2) is 7.68. The maximum atomic E-state index is 13.3. The maximum absolute atomic E-state index is 13.3. The number of halogens is 1. The van der Waals surface area contributed by atoms with Crippen molar-refractivity contribution in [3.63, 3.8) is 0 Å². The van der Waals surface area contributed by atoms with Crippen LogP contribution in [-0.4, -0.2) is 13.7 Å². The molecule has 2 aromatic carbocycles. The minimum absolute atomic E-state index is 0.137. The summed E-state index contributed by atoms with van der Waals surface area (Å²) in [5, 5.41) is 9.31. The molecule has 0 fully saturated rings. The normalized spacial score (nSPS) is 10.5. The van der Waals surface area contributed by atoms with Gasteiger partial charge < -0.3 is 9.47 Å². The molecule has 0 saturated heterocycles. The van der Waals surface area contributed by atoms with Crippen molar-refractivity contribution >= 4 is 11.6 Å². The van der Waals surface area contributed by atoms with Gasteiger partial charge in [0.1, 0.15) is 12.4 Å². The molecule has 0 radical (unpaired) electrons. The number of methoxy groups -OCH3 is 1. The van der Waals surface area contributed by atoms with E-state index in [1.807, 2.05) is 0 Å². The Kier molecular flexibility index (Phi) is 5.39. The largest absolute Gasteiger partial charge is 0.493 e. The van der Waals surface area contributed by atoms with E-state index in [0.29, 0.717) is 22.6 Å². The highest BCUT2D eigenvalue weighted by atomic mass is 19.1. The number of hydrogen-bond donors (Lipinski definition) is 0. The van der Waals surface area contributed by atoms with Gasteiger partial charge in [0.15, 0.2) is 11.5 Å². The molecule has 0 aliphatic carbocycles. The Labute approximate surface area is 134 Å². The first-order valence-electron chi connectivity index (χ1n) is 6.80. The predicted molar refractivity (Wildman–Crippen MR) is 87.2 cm³/mol. The van der Waals surface area contributed by atoms with E-state index in [1.165, 1.54) is 19.2 Å². The summed E-state index contributed by atoms with van der Waals surface area (Å²) < 4.78 is 23.9. The van der Waals surface area contributed by atoms with Crippen LogP contribution in [-0.2, 0) is 0 Å². The van der Waals surface area contributed by atoms with E-state index >= 15 is 0 Å². The van der Waals surface area contributed by atoms with Crippen molar-refractivity contribution < 1.29 is 13.9 Å². The fourth-order valence-corrected chi connectivity index (χ4v) is 2.02. The van der Waals surface area contributed by atoms with Gasteiger partial charge in [0.25, 0.3) is 0 Å². The molecule has 0 bridgehead atoms. The lowest BCUT2D eigenvalue weighted by Crippen LogP contribution is -1.96. The number of nitriles is 1. The minimum atomic E-state index is -0.390. The fourth-order valence-electron chi connectivity index (χ4n) is 2.02. The molecule has 114 valence electrons. The summed E-state index contributed by atoms with van der Waals surface area (Å²) in [7, 11) is 1.52. The Morgan fingerprint density at radius 2 is 2.09 bits per heavy atom. The molecule has 0 spiro atoms. The zero-order valence-corrected chi connectivity index (χ0v) is 12.5. The molecule has 4 heteroatoms. The number of hydrogen-bond acceptors (Lipinski definition) is 3. The number of benzene rings is 2. The van der Waals surface area contributed by atoms with Crippen LogP contribution in [0, 0.1) is 29.5 Å². The minimum Gasteiger partial charge on any atom is -0.493 e. The van der Waals surface area contributed by atoms with Crippen molar-refractivity contribution in [2.45, 2.75) is 0 Å². The lowest BCUT2D eigenvalue weighted by molar-refractivity contribution is 0.331. The highest BCUT2D eigenvalue weighted by Gasteiger charge is 2.07. The van der Waals surface area contributed by atoms with E-state index in [-0.39, 0.29) is 12.4 Å². The predicted octanol–water partition coefficient (Wildman–Crippen LogP) is 3.91. The molecular formula is C19H14FNO2. The number of allylic oxidation sites excluding steroid dienone is 1. The average molecular weight is 307 g/mol. The summed E-state index contributed by atoms with van der Waals surface area (Å²) in [5.74, 6) is 3.02. The summed E-state index contributed by atoms with van der Waals surface area (Å²) in [6.07, 6.45) is 6.82. The fraction of sp³-hybridized carbons (Fsp3) is 0.105. The van der Waals surface area contributed by atoms with E-state index in [0.717, 1.165) is 5.56 Å². The van der Waals surface area contributed by atoms with Crippen molar-refractivity contribution in [1.82, 2.24) is 0 Å². The molecule has 2 aromatic rings. The summed E-state index contributed by atoms with van der Waals surface area (Å²) in [6.45, 7) is 0.137. The molecule has 2 rings (SSSR count). The molecule has 0 atom stereocenters. The van der Waals surface area contributed by atoms with Gasteiger partial charge in [-0.1, -0.05) is 24.1 Å². The second-order valence-corrected chi connectivity index (χ2v) is 4.58. The molecule has 0 N–H and O–H groups in total. The van der Waals surface area contributed by atoms with Gasteiger partial charge in [0, 0.05) is 0 Å². The first kappa shape index (κ1) is 16.1. The van der Waals surface area contributed by atoms with Crippen LogP contribution in [0.5, 0.6) is 11.5 Å². The van der Waals surface area contributed by atoms with Crippen LogP contribution in [0.25, 0.3) is 11.6 Å². The average Bonchev–Trinajstić information content (AvgIpc) is 2.58. The van der Waals surface area contributed by atoms with E-state index in [9.17, 15) is 9.65 Å². The van der Waals surface area contributed by atoms with Gasteiger partial charge in [-0.3, -0.25) is 0 Å². The first-order valence-corrected chi connectivity index (χ1v) is 6.80. The van der Waals surface area contributed by atoms with Crippen LogP contribution in [0.1, 0.15) is 11.1 Å². The van der Waals surface area contributed by atoms with Gasteiger partial charge in [-0.25, -0.2) is 4.39 Å². The summed E-state index contributed by atoms with van der Waals surface area (Å²) in [5.41, 5.74) is 1.60. The Balaban J connectivity index is 2.37. The second-order valence-electron chi connectivity index (χ2n) is 4.58. The monoisotopic (exact) mass is 307 g/mol. The quantitative estimate of drug-likeness (QED) is 0.478. The van der Waals surface area contributed by atoms with Crippen molar-refractivity contribution in [3.05, 3.63) is 59.4 Å². The Bertz CT molecular complexity index is 813. The third kappa shape index (κ3) is 4.12. The Hall–Kier alpha value is -3.24. The highest BCUT2D eigenvalue weighted by Crippen LogP contribution is 2.29. The van der Waals surface area contributed by atoms with Crippen molar-refractivity contribution in [1.29, 1.82) is 5.26 Å². The number of rotatable bonds is 5. The molecule has 0 aromatic heterocycles. The molecule has 0 heterocycles. The van der Waals surface area contributed by atoms with Gasteiger partial charge >= 0.3 is 0 Å². The van der Waals surface area contributed by atoms with Gasteiger partial charge in [-0.2, -0.15) is 5.26 Å². The van der Waals surface area contributed by atoms with Gasteiger partial charge in [-0.05, 0) is 41.5 Å². The van der Waals surface area contributed by atoms with E-state index in [1.54, 1.807) is 36.4 Å². The van der Waals surface area contributed by atoms with Crippen molar-refractivity contribution in [3.8, 4) is 29.9 Å². The van der Waals surface area contributed by atoms with E-state index in [2.05, 4.69) is 12.0 Å². The van der Waals surface area contributed by atoms with E-state index in [4.69, 9.17) is 15.9 Å². The van der Waals surface area contributed by atoms with Gasteiger partial charge in [0.2, 0.25) is 0 Å². The summed E-state index contributed by atoms with van der Waals surface area (Å²) in [6, 6.07) is 13.2. The number of terminal acetylenes is 1. The number of ether oxygens (including phenoxy) is 2. The standard InChI is InChI=1S/C19H14FNO2/c1-3-9-23-18-8-7-14(11-19(18)22-2)10-16(13-21)15-5-4-6-17(20)12-15/h1,4-8,10-12H,9H2,2H3. The SMILES string of the molecule is C#CCOc1ccc(C=C(C#N)c2cccc(F)c2)cc1OC. The lowest BCUT2D eigenvalue weighted by atomic mass is 10.0. The van der Waals surface area contributed by atoms with Gasteiger partial charge in [-0.15, -0.1) is 6.42 Å². The first-order chi connectivity index (χ1) is 11.2. The summed E-state index contributed by atoms with van der Waals surface area (Å²) in [4.78, 5) is 0. The summed E-state index contributed by atoms with van der Waals surface area (Å²) >= 11 is 0. The number of nitrogens with zero attached hydrogens (tertiary/aromatic N) is 1. The molecule has 0 aliphatic rings. The molecular weight excluding hydrogens is 293 g/mol. The molecule has 23 heavy (non-hydrogen) atoms.